The maximum atomic E-state index is 12.9. The van der Waals surface area contributed by atoms with Gasteiger partial charge in [0.15, 0.2) is 17.3 Å². The summed E-state index contributed by atoms with van der Waals surface area (Å²) in [7, 11) is 0. The van der Waals surface area contributed by atoms with Gasteiger partial charge in [-0.05, 0) is 46.2 Å². The van der Waals surface area contributed by atoms with Crippen molar-refractivity contribution in [3.05, 3.63) is 94.1 Å². The largest absolute Gasteiger partial charge is 0.379 e. The summed E-state index contributed by atoms with van der Waals surface area (Å²) in [5, 5.41) is 13.9. The van der Waals surface area contributed by atoms with Crippen LogP contribution in [0.25, 0.3) is 33.5 Å². The zero-order valence-corrected chi connectivity index (χ0v) is 21.8. The van der Waals surface area contributed by atoms with Crippen LogP contribution in [0.15, 0.2) is 82.7 Å². The highest BCUT2D eigenvalue weighted by Crippen LogP contribution is 2.27. The third-order valence-corrected chi connectivity index (χ3v) is 6.84. The third-order valence-electron chi connectivity index (χ3n) is 6.25. The predicted molar refractivity (Wildman–Crippen MR) is 151 cm³/mol. The molecule has 0 spiro atoms. The molecule has 3 aromatic carbocycles. The molecule has 1 amide bonds. The van der Waals surface area contributed by atoms with E-state index in [9.17, 15) is 4.79 Å². The number of nitrogens with zero attached hydrogens (tertiary/aromatic N) is 6. The molecule has 3 N–H and O–H groups in total. The molecule has 0 aliphatic rings. The van der Waals surface area contributed by atoms with Gasteiger partial charge in [0.05, 0.1) is 17.2 Å². The van der Waals surface area contributed by atoms with Gasteiger partial charge in [0, 0.05) is 39.3 Å². The van der Waals surface area contributed by atoms with Gasteiger partial charge in [-0.3, -0.25) is 4.79 Å². The van der Waals surface area contributed by atoms with E-state index in [1.807, 2.05) is 66.9 Å². The van der Waals surface area contributed by atoms with Gasteiger partial charge in [-0.1, -0.05) is 59.6 Å². The van der Waals surface area contributed by atoms with E-state index in [1.54, 1.807) is 16.8 Å². The number of fused-ring (bicyclic) bond motifs is 2. The van der Waals surface area contributed by atoms with E-state index in [-0.39, 0.29) is 24.0 Å². The zero-order chi connectivity index (χ0) is 26.9. The van der Waals surface area contributed by atoms with E-state index in [4.69, 9.17) is 33.6 Å². The number of nitrogen functional groups attached to an aromatic ring is 1. The van der Waals surface area contributed by atoms with Crippen molar-refractivity contribution >= 4 is 63.1 Å². The van der Waals surface area contributed by atoms with E-state index >= 15 is 0 Å². The molecule has 6 aromatic rings. The van der Waals surface area contributed by atoms with Crippen LogP contribution in [0.4, 0.5) is 5.82 Å². The molecule has 0 radical (unpaired) electrons. The molecule has 0 bridgehead atoms. The number of carbonyl (C=O) groups excluding carboxylic acids is 1. The number of imidazole rings is 1. The first-order valence-corrected chi connectivity index (χ1v) is 12.6. The minimum atomic E-state index is -0.359. The first kappa shape index (κ1) is 24.7. The van der Waals surface area contributed by atoms with Gasteiger partial charge < -0.3 is 14.9 Å². The van der Waals surface area contributed by atoms with Crippen LogP contribution in [0.1, 0.15) is 11.1 Å². The molecule has 194 valence electrons. The zero-order valence-electron chi connectivity index (χ0n) is 20.3. The topological polar surface area (TPSA) is 129 Å². The van der Waals surface area contributed by atoms with Gasteiger partial charge in [-0.15, -0.1) is 0 Å². The van der Waals surface area contributed by atoms with E-state index in [2.05, 4.69) is 30.4 Å². The normalized spacial score (nSPS) is 11.6. The van der Waals surface area contributed by atoms with Crippen LogP contribution in [-0.2, 0) is 17.9 Å². The van der Waals surface area contributed by atoms with E-state index in [1.165, 1.54) is 0 Å². The number of carbonyl (C=O) groups is 1. The maximum absolute atomic E-state index is 12.9. The van der Waals surface area contributed by atoms with Gasteiger partial charge in [0.2, 0.25) is 0 Å². The van der Waals surface area contributed by atoms with Crippen LogP contribution >= 0.6 is 23.2 Å². The lowest BCUT2D eigenvalue weighted by molar-refractivity contribution is -0.121. The molecule has 0 atom stereocenters. The van der Waals surface area contributed by atoms with Crippen molar-refractivity contribution in [3.8, 4) is 11.5 Å². The lowest BCUT2D eigenvalue weighted by atomic mass is 10.2. The summed E-state index contributed by atoms with van der Waals surface area (Å²) in [5.74, 6) is 0.0987. The summed E-state index contributed by atoms with van der Waals surface area (Å²) in [6.45, 7) is 0.476. The van der Waals surface area contributed by atoms with Crippen molar-refractivity contribution in [2.24, 2.45) is 5.10 Å². The molecule has 0 fully saturated rings. The second-order valence-electron chi connectivity index (χ2n) is 8.77. The van der Waals surface area contributed by atoms with Crippen molar-refractivity contribution in [2.75, 3.05) is 5.73 Å². The lowest BCUT2D eigenvalue weighted by Crippen LogP contribution is -2.23. The highest BCUT2D eigenvalue weighted by atomic mass is 35.5. The highest BCUT2D eigenvalue weighted by Gasteiger charge is 2.20. The van der Waals surface area contributed by atoms with Crippen molar-refractivity contribution in [3.63, 3.8) is 0 Å². The Kier molecular flexibility index (Phi) is 6.47. The van der Waals surface area contributed by atoms with Gasteiger partial charge in [0.1, 0.15) is 6.54 Å². The Labute approximate surface area is 231 Å². The van der Waals surface area contributed by atoms with E-state index in [0.29, 0.717) is 27.9 Å². The lowest BCUT2D eigenvalue weighted by Gasteiger charge is -2.08. The Hall–Kier alpha value is -4.67. The molecule has 6 rings (SSSR count). The summed E-state index contributed by atoms with van der Waals surface area (Å²) < 4.78 is 8.51. The van der Waals surface area contributed by atoms with Crippen LogP contribution in [-0.4, -0.2) is 36.6 Å². The van der Waals surface area contributed by atoms with Gasteiger partial charge in [0.25, 0.3) is 5.91 Å². The smallest absolute Gasteiger partial charge is 0.260 e. The van der Waals surface area contributed by atoms with Crippen LogP contribution in [0.3, 0.4) is 0 Å². The predicted octanol–water partition coefficient (Wildman–Crippen LogP) is 5.13. The van der Waals surface area contributed by atoms with Crippen molar-refractivity contribution in [2.45, 2.75) is 13.1 Å². The Balaban J connectivity index is 1.24. The minimum Gasteiger partial charge on any atom is -0.379 e. The summed E-state index contributed by atoms with van der Waals surface area (Å²) in [6.07, 6.45) is 3.58. The minimum absolute atomic E-state index is 0.0731. The molecular formula is C27H20Cl2N8O2. The second-order valence-corrected chi connectivity index (χ2v) is 9.61. The summed E-state index contributed by atoms with van der Waals surface area (Å²) in [6, 6.07) is 20.8. The van der Waals surface area contributed by atoms with Gasteiger partial charge >= 0.3 is 0 Å². The number of anilines is 1. The quantitative estimate of drug-likeness (QED) is 0.206. The Bertz CT molecular complexity index is 1870. The first-order valence-electron chi connectivity index (χ1n) is 11.9. The molecule has 0 aliphatic heterocycles. The fourth-order valence-electron chi connectivity index (χ4n) is 4.46. The maximum Gasteiger partial charge on any atom is 0.260 e. The van der Waals surface area contributed by atoms with Crippen LogP contribution in [0.5, 0.6) is 0 Å². The highest BCUT2D eigenvalue weighted by molar-refractivity contribution is 6.35. The van der Waals surface area contributed by atoms with Crippen LogP contribution in [0, 0.1) is 0 Å². The molecule has 0 unspecified atom stereocenters. The number of para-hydroxylation sites is 3. The molecule has 0 saturated heterocycles. The van der Waals surface area contributed by atoms with Gasteiger partial charge in [-0.25, -0.2) is 15.0 Å². The Morgan fingerprint density at radius 1 is 1.05 bits per heavy atom. The fraction of sp³-hybridized carbons (Fsp3) is 0.0741. The van der Waals surface area contributed by atoms with Crippen molar-refractivity contribution in [1.82, 2.24) is 29.9 Å². The number of benzene rings is 3. The summed E-state index contributed by atoms with van der Waals surface area (Å²) in [4.78, 5) is 17.5. The second kappa shape index (κ2) is 10.2. The first-order chi connectivity index (χ1) is 19.0. The molecular weight excluding hydrogens is 539 g/mol. The standard InChI is InChI=1S/C27H20Cl2N8O2/c28-18-10-9-16(20(29)11-18)13-36-14-17(19-5-1-3-7-22(19)36)12-31-33-24(38)15-37-23-8-4-2-6-21(23)32-27(37)25-26(30)35-39-34-25/h1-12,14H,13,15H2,(H2,30,35)(H,33,38)/b31-12+. The molecule has 0 aliphatic carbocycles. The molecule has 3 aromatic heterocycles. The molecule has 3 heterocycles. The third kappa shape index (κ3) is 4.83. The molecule has 0 saturated carbocycles. The van der Waals surface area contributed by atoms with Crippen molar-refractivity contribution < 1.29 is 9.42 Å². The molecule has 12 heteroatoms. The van der Waals surface area contributed by atoms with Gasteiger partial charge in [-0.2, -0.15) is 5.10 Å². The number of hydrogen-bond donors (Lipinski definition) is 2. The number of rotatable bonds is 7. The Morgan fingerprint density at radius 3 is 2.64 bits per heavy atom. The average Bonchev–Trinajstić information content (AvgIpc) is 3.61. The molecule has 39 heavy (non-hydrogen) atoms. The number of amides is 1. The monoisotopic (exact) mass is 558 g/mol. The number of hydrogen-bond acceptors (Lipinski definition) is 7. The number of aromatic nitrogens is 5. The van der Waals surface area contributed by atoms with E-state index < -0.39 is 0 Å². The summed E-state index contributed by atoms with van der Waals surface area (Å²) in [5.41, 5.74) is 12.9. The van der Waals surface area contributed by atoms with E-state index in [0.717, 1.165) is 27.5 Å². The number of halogens is 2. The number of hydrazone groups is 1. The average molecular weight is 559 g/mol. The Morgan fingerprint density at radius 2 is 1.85 bits per heavy atom. The number of nitrogens with one attached hydrogen (secondary N) is 1. The summed E-state index contributed by atoms with van der Waals surface area (Å²) >= 11 is 12.5. The van der Waals surface area contributed by atoms with Crippen LogP contribution < -0.4 is 11.2 Å². The number of nitrogens with two attached hydrogens (primary N) is 1. The molecule has 10 nitrogen and oxygen atoms in total. The fourth-order valence-corrected chi connectivity index (χ4v) is 4.93. The van der Waals surface area contributed by atoms with Crippen molar-refractivity contribution in [1.29, 1.82) is 0 Å². The van der Waals surface area contributed by atoms with Crippen LogP contribution in [0.2, 0.25) is 10.0 Å². The SMILES string of the molecule is Nc1nonc1-c1nc2ccccc2n1CC(=O)N/N=C/c1cn(Cc2ccc(Cl)cc2Cl)c2ccccc12.